The molecule has 0 saturated carbocycles. The van der Waals surface area contributed by atoms with Gasteiger partial charge in [0.25, 0.3) is 0 Å². The Bertz CT molecular complexity index is 937. The number of ether oxygens (including phenoxy) is 1. The van der Waals surface area contributed by atoms with Crippen LogP contribution in [0.5, 0.6) is 0 Å². The van der Waals surface area contributed by atoms with E-state index in [1.807, 2.05) is 43.3 Å². The Hall–Kier alpha value is -1.59. The maximum Gasteiger partial charge on any atom is 1.00 e. The molecule has 0 aliphatic carbocycles. The van der Waals surface area contributed by atoms with E-state index in [9.17, 15) is 9.90 Å². The third kappa shape index (κ3) is 3.72. The zero-order valence-corrected chi connectivity index (χ0v) is 17.8. The van der Waals surface area contributed by atoms with Gasteiger partial charge in [0, 0.05) is 29.2 Å². The van der Waals surface area contributed by atoms with Gasteiger partial charge in [-0.3, -0.25) is 0 Å². The molecule has 3 aromatic rings. The van der Waals surface area contributed by atoms with Gasteiger partial charge in [0.05, 0.1) is 12.3 Å². The van der Waals surface area contributed by atoms with Crippen molar-refractivity contribution in [2.75, 3.05) is 6.61 Å². The van der Waals surface area contributed by atoms with Gasteiger partial charge in [-0.2, -0.15) is 0 Å². The van der Waals surface area contributed by atoms with Crippen molar-refractivity contribution in [1.29, 1.82) is 0 Å². The molecule has 0 spiro atoms. The van der Waals surface area contributed by atoms with Crippen LogP contribution in [0, 0.1) is 0 Å². The summed E-state index contributed by atoms with van der Waals surface area (Å²) in [6, 6.07) is 18.5. The minimum atomic E-state index is -1.09. The van der Waals surface area contributed by atoms with E-state index in [0.29, 0.717) is 13.0 Å². The number of aromatic nitrogens is 1. The number of carbonyl (C=O) groups excluding carboxylic acids is 1. The Labute approximate surface area is 181 Å². The molecule has 4 nitrogen and oxygen atoms in total. The van der Waals surface area contributed by atoms with Crippen LogP contribution in [0.3, 0.4) is 0 Å². The molecular weight excluding hydrogens is 349 g/mol. The number of carboxylic acids is 1. The Morgan fingerprint density at radius 2 is 1.89 bits per heavy atom. The van der Waals surface area contributed by atoms with Gasteiger partial charge in [-0.1, -0.05) is 55.5 Å². The third-order valence-electron chi connectivity index (χ3n) is 5.50. The molecule has 2 aromatic carbocycles. The summed E-state index contributed by atoms with van der Waals surface area (Å²) in [5, 5.41) is 12.6. The van der Waals surface area contributed by atoms with Gasteiger partial charge >= 0.3 is 29.6 Å². The van der Waals surface area contributed by atoms with Crippen LogP contribution in [0.1, 0.15) is 42.5 Å². The van der Waals surface area contributed by atoms with Crippen LogP contribution >= 0.6 is 0 Å². The zero-order chi connectivity index (χ0) is 18.1. The maximum absolute atomic E-state index is 11.4. The number of H-pyrrole nitrogens is 1. The van der Waals surface area contributed by atoms with Crippen molar-refractivity contribution in [2.24, 2.45) is 0 Å². The van der Waals surface area contributed by atoms with Gasteiger partial charge in [-0.05, 0) is 30.0 Å². The molecule has 5 heteroatoms. The molecule has 1 aliphatic rings. The average molecular weight is 371 g/mol. The van der Waals surface area contributed by atoms with E-state index in [4.69, 9.17) is 4.74 Å². The van der Waals surface area contributed by atoms with Gasteiger partial charge in [0.1, 0.15) is 5.60 Å². The fraction of sp³-hybridized carbons (Fsp3) is 0.318. The number of carbonyl (C=O) groups is 1. The number of aromatic amines is 1. The second-order valence-electron chi connectivity index (χ2n) is 7.05. The summed E-state index contributed by atoms with van der Waals surface area (Å²) < 4.78 is 6.21. The van der Waals surface area contributed by atoms with Crippen LogP contribution in [0.25, 0.3) is 10.9 Å². The standard InChI is InChI=1S/C22H23NO3.Na/c1-2-22(13-19(24)25)21-20(17-10-6-7-11-18(17)23-21)16(14-26-22)12-15-8-4-3-5-9-15;/h3-11,16,23H,2,12-14H2,1H3,(H,24,25);/q;+1/p-1/t16-,22-;/m0./s1. The Morgan fingerprint density at radius 3 is 2.59 bits per heavy atom. The number of carboxylic acid groups (broad SMARTS) is 1. The minimum absolute atomic E-state index is 0. The Kier molecular flexibility index (Phi) is 6.11. The first-order valence-corrected chi connectivity index (χ1v) is 9.12. The van der Waals surface area contributed by atoms with E-state index in [1.54, 1.807) is 0 Å². The summed E-state index contributed by atoms with van der Waals surface area (Å²) in [5.41, 5.74) is 3.52. The van der Waals surface area contributed by atoms with E-state index in [0.717, 1.165) is 23.0 Å². The molecule has 0 bridgehead atoms. The molecule has 0 unspecified atom stereocenters. The van der Waals surface area contributed by atoms with Gasteiger partial charge in [-0.15, -0.1) is 0 Å². The monoisotopic (exact) mass is 371 g/mol. The average Bonchev–Trinajstić information content (AvgIpc) is 3.05. The summed E-state index contributed by atoms with van der Waals surface area (Å²) >= 11 is 0. The fourth-order valence-electron chi connectivity index (χ4n) is 4.20. The van der Waals surface area contributed by atoms with Crippen molar-refractivity contribution < 1.29 is 44.2 Å². The normalized spacial score (nSPS) is 21.4. The number of hydrogen-bond donors (Lipinski definition) is 1. The van der Waals surface area contributed by atoms with Gasteiger partial charge in [0.2, 0.25) is 0 Å². The van der Waals surface area contributed by atoms with Crippen LogP contribution in [0.2, 0.25) is 0 Å². The van der Waals surface area contributed by atoms with Crippen LogP contribution in [0.4, 0.5) is 0 Å². The molecule has 134 valence electrons. The van der Waals surface area contributed by atoms with E-state index in [1.165, 1.54) is 11.1 Å². The summed E-state index contributed by atoms with van der Waals surface area (Å²) in [5.74, 6) is -0.900. The molecule has 0 amide bonds. The van der Waals surface area contributed by atoms with Gasteiger partial charge in [-0.25, -0.2) is 0 Å². The number of benzene rings is 2. The number of aliphatic carboxylic acids is 1. The largest absolute Gasteiger partial charge is 1.00 e. The van der Waals surface area contributed by atoms with Crippen LogP contribution in [-0.4, -0.2) is 17.6 Å². The maximum atomic E-state index is 11.4. The van der Waals surface area contributed by atoms with E-state index >= 15 is 0 Å². The van der Waals surface area contributed by atoms with Crippen molar-refractivity contribution in [3.63, 3.8) is 0 Å². The van der Waals surface area contributed by atoms with E-state index < -0.39 is 11.6 Å². The van der Waals surface area contributed by atoms with Crippen LogP contribution in [0.15, 0.2) is 54.6 Å². The van der Waals surface area contributed by atoms with E-state index in [2.05, 4.69) is 23.2 Å². The molecule has 1 aliphatic heterocycles. The molecule has 2 heterocycles. The molecule has 0 saturated heterocycles. The smallest absolute Gasteiger partial charge is 0.550 e. The van der Waals surface area contributed by atoms with Crippen molar-refractivity contribution in [1.82, 2.24) is 4.98 Å². The zero-order valence-electron chi connectivity index (χ0n) is 15.8. The molecule has 27 heavy (non-hydrogen) atoms. The second-order valence-corrected chi connectivity index (χ2v) is 7.05. The van der Waals surface area contributed by atoms with E-state index in [-0.39, 0.29) is 41.9 Å². The summed E-state index contributed by atoms with van der Waals surface area (Å²) in [6.45, 7) is 2.47. The van der Waals surface area contributed by atoms with Crippen molar-refractivity contribution in [2.45, 2.75) is 37.7 Å². The first-order chi connectivity index (χ1) is 12.6. The SMILES string of the molecule is CC[C@@]1(CC(=O)[O-])OC[C@H](Cc2ccccc2)c2c1[nH]c1ccccc21.[Na+]. The summed E-state index contributed by atoms with van der Waals surface area (Å²) in [7, 11) is 0. The third-order valence-corrected chi connectivity index (χ3v) is 5.50. The van der Waals surface area contributed by atoms with Crippen LogP contribution in [-0.2, 0) is 21.6 Å². The molecular formula is C22H22NNaO3. The number of rotatable bonds is 5. The van der Waals surface area contributed by atoms with Gasteiger partial charge < -0.3 is 19.6 Å². The first kappa shape index (κ1) is 20.2. The van der Waals surface area contributed by atoms with Gasteiger partial charge in [0.15, 0.2) is 0 Å². The predicted octanol–water partition coefficient (Wildman–Crippen LogP) is 0.274. The molecule has 0 radical (unpaired) electrons. The number of nitrogens with one attached hydrogen (secondary N) is 1. The first-order valence-electron chi connectivity index (χ1n) is 9.12. The topological polar surface area (TPSA) is 65.2 Å². The second kappa shape index (κ2) is 8.19. The quantitative estimate of drug-likeness (QED) is 0.655. The number of hydrogen-bond acceptors (Lipinski definition) is 3. The molecule has 0 fully saturated rings. The molecule has 2 atom stereocenters. The summed E-state index contributed by atoms with van der Waals surface area (Å²) in [4.78, 5) is 14.9. The van der Waals surface area contributed by atoms with Crippen molar-refractivity contribution in [3.05, 3.63) is 71.4 Å². The Balaban J connectivity index is 0.00000210. The van der Waals surface area contributed by atoms with Crippen molar-refractivity contribution >= 4 is 16.9 Å². The predicted molar refractivity (Wildman–Crippen MR) is 98.7 cm³/mol. The number of fused-ring (bicyclic) bond motifs is 3. The molecule has 4 rings (SSSR count). The number of para-hydroxylation sites is 1. The fourth-order valence-corrected chi connectivity index (χ4v) is 4.20. The Morgan fingerprint density at radius 1 is 1.19 bits per heavy atom. The van der Waals surface area contributed by atoms with Crippen LogP contribution < -0.4 is 34.7 Å². The molecule has 1 aromatic heterocycles. The molecule has 1 N–H and O–H groups in total. The summed E-state index contributed by atoms with van der Waals surface area (Å²) in [6.07, 6.45) is 1.31. The minimum Gasteiger partial charge on any atom is -0.550 e. The van der Waals surface area contributed by atoms with Crippen molar-refractivity contribution in [3.8, 4) is 0 Å².